The van der Waals surface area contributed by atoms with E-state index in [2.05, 4.69) is 17.2 Å². The summed E-state index contributed by atoms with van der Waals surface area (Å²) in [5, 5.41) is 13.6. The predicted octanol–water partition coefficient (Wildman–Crippen LogP) is 2.12. The van der Waals surface area contributed by atoms with E-state index in [0.717, 1.165) is 24.2 Å². The van der Waals surface area contributed by atoms with E-state index in [-0.39, 0.29) is 5.92 Å². The third-order valence-corrected chi connectivity index (χ3v) is 3.66. The number of hydrogen-bond acceptors (Lipinski definition) is 2. The van der Waals surface area contributed by atoms with Crippen molar-refractivity contribution in [3.63, 3.8) is 0 Å². The van der Waals surface area contributed by atoms with E-state index in [1.807, 2.05) is 29.1 Å². The van der Waals surface area contributed by atoms with Gasteiger partial charge in [0.05, 0.1) is 18.2 Å². The maximum atomic E-state index is 11.0. The zero-order valence-corrected chi connectivity index (χ0v) is 10.6. The van der Waals surface area contributed by atoms with E-state index >= 15 is 0 Å². The van der Waals surface area contributed by atoms with Crippen molar-refractivity contribution >= 4 is 5.97 Å². The molecular formula is C15H16N2O2. The summed E-state index contributed by atoms with van der Waals surface area (Å²) in [5.74, 6) is -0.941. The molecule has 1 aliphatic carbocycles. The van der Waals surface area contributed by atoms with Crippen LogP contribution in [0.15, 0.2) is 36.5 Å². The van der Waals surface area contributed by atoms with Gasteiger partial charge in [0, 0.05) is 6.20 Å². The second kappa shape index (κ2) is 4.88. The van der Waals surface area contributed by atoms with Crippen LogP contribution in [0.5, 0.6) is 0 Å². The van der Waals surface area contributed by atoms with E-state index in [1.54, 1.807) is 0 Å². The number of aromatic nitrogens is 2. The Balaban J connectivity index is 1.78. The summed E-state index contributed by atoms with van der Waals surface area (Å²) < 4.78 is 1.92. The van der Waals surface area contributed by atoms with Gasteiger partial charge in [-0.2, -0.15) is 5.10 Å². The quantitative estimate of drug-likeness (QED) is 0.915. The fourth-order valence-corrected chi connectivity index (χ4v) is 2.62. The number of rotatable bonds is 3. The zero-order chi connectivity index (χ0) is 13.2. The van der Waals surface area contributed by atoms with Crippen LogP contribution < -0.4 is 0 Å². The van der Waals surface area contributed by atoms with Gasteiger partial charge >= 0.3 is 5.97 Å². The molecule has 1 heterocycles. The van der Waals surface area contributed by atoms with Gasteiger partial charge in [0.1, 0.15) is 0 Å². The minimum absolute atomic E-state index is 0.248. The Labute approximate surface area is 111 Å². The molecule has 2 aromatic rings. The van der Waals surface area contributed by atoms with E-state index in [4.69, 9.17) is 5.11 Å². The molecule has 0 radical (unpaired) electrons. The highest BCUT2D eigenvalue weighted by Crippen LogP contribution is 2.25. The van der Waals surface area contributed by atoms with Gasteiger partial charge in [-0.25, -0.2) is 0 Å². The molecule has 1 aliphatic rings. The van der Waals surface area contributed by atoms with Crippen LogP contribution >= 0.6 is 0 Å². The molecule has 1 N–H and O–H groups in total. The zero-order valence-electron chi connectivity index (χ0n) is 10.6. The normalized spacial score (nSPS) is 18.0. The highest BCUT2D eigenvalue weighted by Gasteiger charge is 2.26. The summed E-state index contributed by atoms with van der Waals surface area (Å²) in [6.07, 6.45) is 4.08. The van der Waals surface area contributed by atoms with E-state index in [9.17, 15) is 4.79 Å². The number of carboxylic acid groups (broad SMARTS) is 1. The lowest BCUT2D eigenvalue weighted by Gasteiger charge is -2.16. The maximum Gasteiger partial charge on any atom is 0.306 e. The molecule has 1 atom stereocenters. The Morgan fingerprint density at radius 2 is 2.16 bits per heavy atom. The van der Waals surface area contributed by atoms with Crippen LogP contribution in [0.1, 0.15) is 23.2 Å². The second-order valence-corrected chi connectivity index (χ2v) is 5.06. The van der Waals surface area contributed by atoms with Crippen molar-refractivity contribution in [2.75, 3.05) is 0 Å². The van der Waals surface area contributed by atoms with E-state index in [0.29, 0.717) is 12.8 Å². The van der Waals surface area contributed by atoms with Gasteiger partial charge < -0.3 is 5.11 Å². The van der Waals surface area contributed by atoms with Crippen LogP contribution in [0.2, 0.25) is 0 Å². The number of carbonyl (C=O) groups is 1. The molecule has 0 saturated carbocycles. The summed E-state index contributed by atoms with van der Waals surface area (Å²) in [5.41, 5.74) is 3.36. The van der Waals surface area contributed by atoms with Crippen molar-refractivity contribution in [2.24, 2.45) is 5.92 Å². The summed E-state index contributed by atoms with van der Waals surface area (Å²) in [4.78, 5) is 11.0. The highest BCUT2D eigenvalue weighted by molar-refractivity contribution is 5.70. The fourth-order valence-electron chi connectivity index (χ4n) is 2.62. The second-order valence-electron chi connectivity index (χ2n) is 5.06. The molecule has 0 saturated heterocycles. The number of hydrogen-bond donors (Lipinski definition) is 1. The molecule has 4 nitrogen and oxygen atoms in total. The summed E-state index contributed by atoms with van der Waals surface area (Å²) in [6.45, 7) is 0.742. The Hall–Kier alpha value is -2.10. The molecule has 0 fully saturated rings. The smallest absolute Gasteiger partial charge is 0.306 e. The van der Waals surface area contributed by atoms with Crippen molar-refractivity contribution in [3.8, 4) is 0 Å². The monoisotopic (exact) mass is 256 g/mol. The Kier molecular flexibility index (Phi) is 3.07. The molecule has 0 amide bonds. The standard InChI is InChI=1S/C15H16N2O2/c18-15(19)12-6-7-14-13(8-12)10-17(16-14)9-11-4-2-1-3-5-11/h1-5,10,12H,6-9H2,(H,18,19)/t12-/m0/s1. The Morgan fingerprint density at radius 3 is 2.89 bits per heavy atom. The molecule has 1 aromatic heterocycles. The molecule has 0 unspecified atom stereocenters. The molecule has 0 spiro atoms. The Bertz CT molecular complexity index is 589. The SMILES string of the molecule is O=C(O)[C@H]1CCc2nn(Cc3ccccc3)cc2C1. The number of benzene rings is 1. The van der Waals surface area contributed by atoms with Crippen LogP contribution in [0.4, 0.5) is 0 Å². The first-order valence-corrected chi connectivity index (χ1v) is 6.54. The average molecular weight is 256 g/mol. The highest BCUT2D eigenvalue weighted by atomic mass is 16.4. The molecule has 19 heavy (non-hydrogen) atoms. The number of aryl methyl sites for hydroxylation is 1. The molecule has 98 valence electrons. The van der Waals surface area contributed by atoms with Crippen LogP contribution in [0.25, 0.3) is 0 Å². The van der Waals surface area contributed by atoms with E-state index < -0.39 is 5.97 Å². The van der Waals surface area contributed by atoms with Crippen molar-refractivity contribution in [2.45, 2.75) is 25.8 Å². The molecule has 3 rings (SSSR count). The third-order valence-electron chi connectivity index (χ3n) is 3.66. The van der Waals surface area contributed by atoms with E-state index in [1.165, 1.54) is 5.56 Å². The minimum atomic E-state index is -0.693. The lowest BCUT2D eigenvalue weighted by molar-refractivity contribution is -0.142. The molecule has 0 aliphatic heterocycles. The summed E-state index contributed by atoms with van der Waals surface area (Å²) >= 11 is 0. The summed E-state index contributed by atoms with van der Waals surface area (Å²) in [7, 11) is 0. The average Bonchev–Trinajstić information content (AvgIpc) is 2.80. The molecule has 4 heteroatoms. The molecule has 1 aromatic carbocycles. The van der Waals surface area contributed by atoms with Gasteiger partial charge in [0.2, 0.25) is 0 Å². The van der Waals surface area contributed by atoms with Crippen molar-refractivity contribution < 1.29 is 9.90 Å². The summed E-state index contributed by atoms with van der Waals surface area (Å²) in [6, 6.07) is 10.2. The van der Waals surface area contributed by atoms with Crippen LogP contribution in [0, 0.1) is 5.92 Å². The fraction of sp³-hybridized carbons (Fsp3) is 0.333. The van der Waals surface area contributed by atoms with Gasteiger partial charge in [-0.3, -0.25) is 9.48 Å². The van der Waals surface area contributed by atoms with Gasteiger partial charge in [0.25, 0.3) is 0 Å². The number of aliphatic carboxylic acids is 1. The largest absolute Gasteiger partial charge is 0.481 e. The van der Waals surface area contributed by atoms with Crippen LogP contribution in [0.3, 0.4) is 0 Å². The first-order valence-electron chi connectivity index (χ1n) is 6.54. The maximum absolute atomic E-state index is 11.0. The minimum Gasteiger partial charge on any atom is -0.481 e. The number of carboxylic acids is 1. The number of nitrogens with zero attached hydrogens (tertiary/aromatic N) is 2. The Morgan fingerprint density at radius 1 is 1.37 bits per heavy atom. The van der Waals surface area contributed by atoms with Crippen molar-refractivity contribution in [3.05, 3.63) is 53.3 Å². The predicted molar refractivity (Wildman–Crippen MR) is 70.9 cm³/mol. The molecular weight excluding hydrogens is 240 g/mol. The van der Waals surface area contributed by atoms with Crippen LogP contribution in [-0.4, -0.2) is 20.9 Å². The first-order chi connectivity index (χ1) is 9.22. The topological polar surface area (TPSA) is 55.1 Å². The van der Waals surface area contributed by atoms with Gasteiger partial charge in [-0.05, 0) is 30.4 Å². The first kappa shape index (κ1) is 12.0. The van der Waals surface area contributed by atoms with Crippen LogP contribution in [-0.2, 0) is 24.2 Å². The third kappa shape index (κ3) is 2.52. The lowest BCUT2D eigenvalue weighted by Crippen LogP contribution is -2.21. The van der Waals surface area contributed by atoms with Gasteiger partial charge in [0.15, 0.2) is 0 Å². The molecule has 0 bridgehead atoms. The number of fused-ring (bicyclic) bond motifs is 1. The van der Waals surface area contributed by atoms with Gasteiger partial charge in [-0.15, -0.1) is 0 Å². The lowest BCUT2D eigenvalue weighted by atomic mass is 9.88. The van der Waals surface area contributed by atoms with Crippen molar-refractivity contribution in [1.29, 1.82) is 0 Å². The van der Waals surface area contributed by atoms with Gasteiger partial charge in [-0.1, -0.05) is 30.3 Å². The van der Waals surface area contributed by atoms with Crippen molar-refractivity contribution in [1.82, 2.24) is 9.78 Å².